The van der Waals surface area contributed by atoms with Gasteiger partial charge in [0, 0.05) is 17.7 Å². The maximum absolute atomic E-state index is 11.8. The molecular weight excluding hydrogens is 266 g/mol. The van der Waals surface area contributed by atoms with Crippen molar-refractivity contribution in [2.24, 2.45) is 0 Å². The minimum absolute atomic E-state index is 0.00797. The second kappa shape index (κ2) is 5.81. The first-order valence-electron chi connectivity index (χ1n) is 5.75. The van der Waals surface area contributed by atoms with Gasteiger partial charge in [-0.05, 0) is 17.5 Å². The lowest BCUT2D eigenvalue weighted by Gasteiger charge is -2.05. The van der Waals surface area contributed by atoms with Crippen LogP contribution in [0.2, 0.25) is 0 Å². The molecule has 1 atom stereocenters. The summed E-state index contributed by atoms with van der Waals surface area (Å²) in [5.74, 6) is -1.53. The summed E-state index contributed by atoms with van der Waals surface area (Å²) in [4.78, 5) is 22.8. The molecule has 100 valence electrons. The predicted molar refractivity (Wildman–Crippen MR) is 72.4 cm³/mol. The topological polar surface area (TPSA) is 86.6 Å². The number of carbonyl (C=O) groups is 2. The number of carboxylic acids is 1. The van der Waals surface area contributed by atoms with E-state index in [1.54, 1.807) is 6.07 Å². The predicted octanol–water partition coefficient (Wildman–Crippen LogP) is 1.47. The van der Waals surface area contributed by atoms with Gasteiger partial charge in [-0.3, -0.25) is 4.79 Å². The SMILES string of the molecule is O=C(NCC[C@H](O)C(=O)O)c1cc2ccccc2s1. The van der Waals surface area contributed by atoms with Gasteiger partial charge in [-0.2, -0.15) is 0 Å². The van der Waals surface area contributed by atoms with E-state index in [0.29, 0.717) is 4.88 Å². The van der Waals surface area contributed by atoms with Gasteiger partial charge in [0.1, 0.15) is 0 Å². The first kappa shape index (κ1) is 13.5. The molecule has 1 heterocycles. The molecule has 0 fully saturated rings. The van der Waals surface area contributed by atoms with Crippen LogP contribution in [0.5, 0.6) is 0 Å². The van der Waals surface area contributed by atoms with Crippen LogP contribution in [0.4, 0.5) is 0 Å². The largest absolute Gasteiger partial charge is 0.479 e. The number of carbonyl (C=O) groups excluding carboxylic acids is 1. The van der Waals surface area contributed by atoms with E-state index in [-0.39, 0.29) is 18.9 Å². The Labute approximate surface area is 113 Å². The van der Waals surface area contributed by atoms with Gasteiger partial charge in [-0.25, -0.2) is 4.79 Å². The Bertz CT molecular complexity index is 574. The molecule has 0 spiro atoms. The van der Waals surface area contributed by atoms with Crippen LogP contribution < -0.4 is 5.32 Å². The summed E-state index contributed by atoms with van der Waals surface area (Å²) in [6.07, 6.45) is -1.45. The zero-order chi connectivity index (χ0) is 13.8. The number of hydrogen-bond acceptors (Lipinski definition) is 4. The van der Waals surface area contributed by atoms with E-state index in [2.05, 4.69) is 5.32 Å². The molecule has 2 aromatic rings. The fourth-order valence-corrected chi connectivity index (χ4v) is 2.61. The van der Waals surface area contributed by atoms with Crippen LogP contribution in [-0.2, 0) is 4.79 Å². The van der Waals surface area contributed by atoms with Crippen LogP contribution in [0.15, 0.2) is 30.3 Å². The van der Waals surface area contributed by atoms with E-state index < -0.39 is 12.1 Å². The van der Waals surface area contributed by atoms with Gasteiger partial charge in [-0.1, -0.05) is 18.2 Å². The molecule has 0 unspecified atom stereocenters. The molecule has 19 heavy (non-hydrogen) atoms. The summed E-state index contributed by atoms with van der Waals surface area (Å²) in [6, 6.07) is 9.47. The van der Waals surface area contributed by atoms with Crippen LogP contribution >= 0.6 is 11.3 Å². The van der Waals surface area contributed by atoms with E-state index in [9.17, 15) is 9.59 Å². The fraction of sp³-hybridized carbons (Fsp3) is 0.231. The van der Waals surface area contributed by atoms with Gasteiger partial charge < -0.3 is 15.5 Å². The molecule has 0 aliphatic rings. The minimum Gasteiger partial charge on any atom is -0.479 e. The number of carboxylic acid groups (broad SMARTS) is 1. The molecule has 1 aromatic heterocycles. The molecule has 5 nitrogen and oxygen atoms in total. The minimum atomic E-state index is -1.44. The second-order valence-electron chi connectivity index (χ2n) is 4.05. The number of aliphatic hydroxyl groups is 1. The maximum atomic E-state index is 11.8. The Balaban J connectivity index is 1.94. The van der Waals surface area contributed by atoms with Crippen molar-refractivity contribution >= 4 is 33.3 Å². The molecule has 2 rings (SSSR count). The first-order chi connectivity index (χ1) is 9.08. The third-order valence-electron chi connectivity index (χ3n) is 2.64. The van der Waals surface area contributed by atoms with Gasteiger partial charge in [0.25, 0.3) is 5.91 Å². The number of hydrogen-bond donors (Lipinski definition) is 3. The fourth-order valence-electron chi connectivity index (χ4n) is 1.63. The lowest BCUT2D eigenvalue weighted by Crippen LogP contribution is -2.29. The summed E-state index contributed by atoms with van der Waals surface area (Å²) in [5.41, 5.74) is 0. The number of rotatable bonds is 5. The van der Waals surface area contributed by atoms with Crippen LogP contribution in [0.3, 0.4) is 0 Å². The molecule has 1 amide bonds. The van der Waals surface area contributed by atoms with E-state index in [1.807, 2.05) is 24.3 Å². The Hall–Kier alpha value is -1.92. The van der Waals surface area contributed by atoms with E-state index >= 15 is 0 Å². The number of amides is 1. The molecule has 0 saturated heterocycles. The molecule has 0 aliphatic carbocycles. The van der Waals surface area contributed by atoms with Crippen LogP contribution in [0, 0.1) is 0 Å². The van der Waals surface area contributed by atoms with Crippen molar-refractivity contribution in [3.05, 3.63) is 35.2 Å². The second-order valence-corrected chi connectivity index (χ2v) is 5.13. The van der Waals surface area contributed by atoms with Crippen LogP contribution in [0.1, 0.15) is 16.1 Å². The number of benzene rings is 1. The third kappa shape index (κ3) is 3.30. The van der Waals surface area contributed by atoms with Crippen molar-refractivity contribution < 1.29 is 19.8 Å². The van der Waals surface area contributed by atoms with Crippen LogP contribution in [-0.4, -0.2) is 34.7 Å². The van der Waals surface area contributed by atoms with Crippen molar-refractivity contribution in [1.82, 2.24) is 5.32 Å². The first-order valence-corrected chi connectivity index (χ1v) is 6.57. The summed E-state index contributed by atoms with van der Waals surface area (Å²) >= 11 is 1.38. The average Bonchev–Trinajstić information content (AvgIpc) is 2.82. The van der Waals surface area contributed by atoms with Crippen molar-refractivity contribution in [3.8, 4) is 0 Å². The molecule has 0 aliphatic heterocycles. The highest BCUT2D eigenvalue weighted by molar-refractivity contribution is 7.20. The zero-order valence-electron chi connectivity index (χ0n) is 10.00. The third-order valence-corrected chi connectivity index (χ3v) is 3.75. The highest BCUT2D eigenvalue weighted by atomic mass is 32.1. The Morgan fingerprint density at radius 2 is 2.05 bits per heavy atom. The van der Waals surface area contributed by atoms with Crippen LogP contribution in [0.25, 0.3) is 10.1 Å². The molecule has 0 radical (unpaired) electrons. The number of nitrogens with one attached hydrogen (secondary N) is 1. The Kier molecular flexibility index (Phi) is 4.13. The van der Waals surface area contributed by atoms with Crippen molar-refractivity contribution in [3.63, 3.8) is 0 Å². The van der Waals surface area contributed by atoms with Gasteiger partial charge >= 0.3 is 5.97 Å². The van der Waals surface area contributed by atoms with Gasteiger partial charge in [0.15, 0.2) is 6.10 Å². The monoisotopic (exact) mass is 279 g/mol. The smallest absolute Gasteiger partial charge is 0.332 e. The van der Waals surface area contributed by atoms with Gasteiger partial charge in [-0.15, -0.1) is 11.3 Å². The van der Waals surface area contributed by atoms with Gasteiger partial charge in [0.2, 0.25) is 0 Å². The number of thiophene rings is 1. The van der Waals surface area contributed by atoms with Crippen molar-refractivity contribution in [2.75, 3.05) is 6.54 Å². The quantitative estimate of drug-likeness (QED) is 0.773. The van der Waals surface area contributed by atoms with Gasteiger partial charge in [0.05, 0.1) is 4.88 Å². The number of aliphatic carboxylic acids is 1. The zero-order valence-corrected chi connectivity index (χ0v) is 10.8. The number of fused-ring (bicyclic) bond motifs is 1. The Morgan fingerprint density at radius 3 is 2.74 bits per heavy atom. The molecule has 1 aromatic carbocycles. The summed E-state index contributed by atoms with van der Waals surface area (Å²) in [5, 5.41) is 21.2. The Morgan fingerprint density at radius 1 is 1.32 bits per heavy atom. The van der Waals surface area contributed by atoms with E-state index in [4.69, 9.17) is 10.2 Å². The summed E-state index contributed by atoms with van der Waals surface area (Å²) < 4.78 is 1.03. The molecular formula is C13H13NO4S. The molecule has 6 heteroatoms. The van der Waals surface area contributed by atoms with E-state index in [0.717, 1.165) is 10.1 Å². The van der Waals surface area contributed by atoms with Crippen molar-refractivity contribution in [1.29, 1.82) is 0 Å². The molecule has 3 N–H and O–H groups in total. The average molecular weight is 279 g/mol. The summed E-state index contributed by atoms with van der Waals surface area (Å²) in [7, 11) is 0. The molecule has 0 bridgehead atoms. The number of aliphatic hydroxyl groups excluding tert-OH is 1. The lowest BCUT2D eigenvalue weighted by atomic mass is 10.2. The normalized spacial score (nSPS) is 12.3. The molecule has 0 saturated carbocycles. The highest BCUT2D eigenvalue weighted by Gasteiger charge is 2.14. The van der Waals surface area contributed by atoms with E-state index in [1.165, 1.54) is 11.3 Å². The maximum Gasteiger partial charge on any atom is 0.332 e. The lowest BCUT2D eigenvalue weighted by molar-refractivity contribution is -0.146. The standard InChI is InChI=1S/C13H13NO4S/c15-9(13(17)18)5-6-14-12(16)11-7-8-3-1-2-4-10(8)19-11/h1-4,7,9,15H,5-6H2,(H,14,16)(H,17,18)/t9-/m0/s1. The van der Waals surface area contributed by atoms with Crippen molar-refractivity contribution in [2.45, 2.75) is 12.5 Å². The highest BCUT2D eigenvalue weighted by Crippen LogP contribution is 2.24. The summed E-state index contributed by atoms with van der Waals surface area (Å²) in [6.45, 7) is 0.126.